The first kappa shape index (κ1) is 24.1. The lowest BCUT2D eigenvalue weighted by Crippen LogP contribution is -2.16. The van der Waals surface area contributed by atoms with E-state index in [4.69, 9.17) is 4.42 Å². The second kappa shape index (κ2) is 10.2. The third-order valence-electron chi connectivity index (χ3n) is 5.92. The molecule has 6 aromatic rings. The zero-order valence-corrected chi connectivity index (χ0v) is 20.9. The average molecular weight is 535 g/mol. The van der Waals surface area contributed by atoms with E-state index >= 15 is 0 Å². The summed E-state index contributed by atoms with van der Waals surface area (Å²) < 4.78 is 5.70. The zero-order valence-electron chi connectivity index (χ0n) is 20.1. The Morgan fingerprint density at radius 1 is 1.00 bits per heavy atom. The van der Waals surface area contributed by atoms with Gasteiger partial charge in [-0.3, -0.25) is 20.0 Å². The quantitative estimate of drug-likeness (QED) is 0.141. The molecule has 0 aliphatic rings. The fourth-order valence-electron chi connectivity index (χ4n) is 4.08. The van der Waals surface area contributed by atoms with Crippen LogP contribution in [0.25, 0.3) is 33.1 Å². The molecule has 190 valence electrons. The fourth-order valence-corrected chi connectivity index (χ4v) is 4.88. The summed E-state index contributed by atoms with van der Waals surface area (Å²) in [5.41, 5.74) is 4.16. The number of nitro benzene ring substituents is 1. The Kier molecular flexibility index (Phi) is 6.31. The molecule has 6 rings (SSSR count). The molecule has 0 atom stereocenters. The van der Waals surface area contributed by atoms with Gasteiger partial charge >= 0.3 is 5.91 Å². The molecule has 0 saturated carbocycles. The predicted octanol–water partition coefficient (Wildman–Crippen LogP) is 6.19. The van der Waals surface area contributed by atoms with Crippen molar-refractivity contribution in [2.24, 2.45) is 5.10 Å². The molecule has 0 aliphatic carbocycles. The largest absolute Gasteiger partial charge is 0.451 e. The van der Waals surface area contributed by atoms with Crippen LogP contribution in [-0.4, -0.2) is 32.2 Å². The average Bonchev–Trinajstić information content (AvgIpc) is 3.62. The Morgan fingerprint density at radius 3 is 2.67 bits per heavy atom. The standard InChI is InChI=1S/C28H18N6O4S/c35-27(24-15-21-20-9-5-4-6-18(20)11-12-23(21)38-24)32-29-16-17-10-13-25(22(14-17)34(36)37)39-28-30-26(31-33-28)19-7-2-1-3-8-19/h1-16H,(H,32,35)(H,30,31,33)/b29-16+. The van der Waals surface area contributed by atoms with Crippen LogP contribution in [0.1, 0.15) is 16.1 Å². The topological polar surface area (TPSA) is 139 Å². The summed E-state index contributed by atoms with van der Waals surface area (Å²) in [6.45, 7) is 0. The number of furan rings is 1. The summed E-state index contributed by atoms with van der Waals surface area (Å²) in [5, 5.41) is 25.9. The highest BCUT2D eigenvalue weighted by atomic mass is 32.2. The molecule has 2 N–H and O–H groups in total. The van der Waals surface area contributed by atoms with E-state index < -0.39 is 10.8 Å². The lowest BCUT2D eigenvalue weighted by Gasteiger charge is -2.01. The van der Waals surface area contributed by atoms with Crippen molar-refractivity contribution in [1.82, 2.24) is 20.6 Å². The number of rotatable bonds is 7. The van der Waals surface area contributed by atoms with E-state index in [2.05, 4.69) is 25.7 Å². The van der Waals surface area contributed by atoms with Crippen molar-refractivity contribution in [2.75, 3.05) is 0 Å². The zero-order chi connectivity index (χ0) is 26.8. The summed E-state index contributed by atoms with van der Waals surface area (Å²) in [7, 11) is 0. The third-order valence-corrected chi connectivity index (χ3v) is 6.85. The number of amides is 1. The van der Waals surface area contributed by atoms with Gasteiger partial charge in [0.05, 0.1) is 16.0 Å². The molecule has 0 fully saturated rings. The molecule has 2 heterocycles. The number of nitrogens with one attached hydrogen (secondary N) is 2. The van der Waals surface area contributed by atoms with E-state index in [9.17, 15) is 14.9 Å². The van der Waals surface area contributed by atoms with Crippen LogP contribution < -0.4 is 5.43 Å². The minimum absolute atomic E-state index is 0.109. The lowest BCUT2D eigenvalue weighted by molar-refractivity contribution is -0.387. The van der Waals surface area contributed by atoms with Gasteiger partial charge in [0.15, 0.2) is 11.6 Å². The highest BCUT2D eigenvalue weighted by Gasteiger charge is 2.18. The summed E-state index contributed by atoms with van der Waals surface area (Å²) >= 11 is 1.07. The Hall–Kier alpha value is -5.29. The maximum Gasteiger partial charge on any atom is 0.307 e. The van der Waals surface area contributed by atoms with Crippen molar-refractivity contribution in [3.05, 3.63) is 112 Å². The molecule has 0 spiro atoms. The van der Waals surface area contributed by atoms with Crippen LogP contribution in [0.3, 0.4) is 0 Å². The van der Waals surface area contributed by atoms with Gasteiger partial charge in [-0.15, -0.1) is 5.10 Å². The van der Waals surface area contributed by atoms with Crippen LogP contribution in [0, 0.1) is 10.1 Å². The van der Waals surface area contributed by atoms with Gasteiger partial charge in [-0.25, -0.2) is 10.4 Å². The van der Waals surface area contributed by atoms with E-state index in [1.807, 2.05) is 66.7 Å². The summed E-state index contributed by atoms with van der Waals surface area (Å²) in [6.07, 6.45) is 1.33. The van der Waals surface area contributed by atoms with E-state index in [0.29, 0.717) is 27.0 Å². The van der Waals surface area contributed by atoms with Crippen LogP contribution in [-0.2, 0) is 0 Å². The molecule has 10 nitrogen and oxygen atoms in total. The second-order valence-electron chi connectivity index (χ2n) is 8.43. The predicted molar refractivity (Wildman–Crippen MR) is 148 cm³/mol. The molecule has 1 amide bonds. The molecule has 0 aliphatic heterocycles. The third kappa shape index (κ3) is 4.98. The van der Waals surface area contributed by atoms with Crippen molar-refractivity contribution in [2.45, 2.75) is 10.1 Å². The van der Waals surface area contributed by atoms with Crippen LogP contribution >= 0.6 is 11.8 Å². The summed E-state index contributed by atoms with van der Waals surface area (Å²) in [6, 6.07) is 27.3. The fraction of sp³-hybridized carbons (Fsp3) is 0. The Labute approximate surface area is 224 Å². The van der Waals surface area contributed by atoms with Crippen LogP contribution in [0.15, 0.2) is 111 Å². The summed E-state index contributed by atoms with van der Waals surface area (Å²) in [5.74, 6) is 0.141. The number of nitrogens with zero attached hydrogens (tertiary/aromatic N) is 4. The van der Waals surface area contributed by atoms with Crippen molar-refractivity contribution in [3.8, 4) is 11.4 Å². The van der Waals surface area contributed by atoms with Crippen LogP contribution in [0.4, 0.5) is 5.69 Å². The van der Waals surface area contributed by atoms with E-state index in [-0.39, 0.29) is 11.4 Å². The minimum atomic E-state index is -0.535. The number of benzene rings is 4. The van der Waals surface area contributed by atoms with E-state index in [1.165, 1.54) is 12.3 Å². The summed E-state index contributed by atoms with van der Waals surface area (Å²) in [4.78, 5) is 28.7. The second-order valence-corrected chi connectivity index (χ2v) is 9.44. The van der Waals surface area contributed by atoms with Crippen molar-refractivity contribution in [3.63, 3.8) is 0 Å². The van der Waals surface area contributed by atoms with Gasteiger partial charge in [-0.2, -0.15) is 5.10 Å². The van der Waals surface area contributed by atoms with Gasteiger partial charge in [-0.1, -0.05) is 66.7 Å². The van der Waals surface area contributed by atoms with Gasteiger partial charge in [0, 0.05) is 22.6 Å². The number of fused-ring (bicyclic) bond motifs is 3. The van der Waals surface area contributed by atoms with E-state index in [0.717, 1.165) is 33.5 Å². The van der Waals surface area contributed by atoms with Crippen LogP contribution in [0.5, 0.6) is 0 Å². The smallest absolute Gasteiger partial charge is 0.307 e. The first-order valence-electron chi connectivity index (χ1n) is 11.7. The molecule has 0 unspecified atom stereocenters. The van der Waals surface area contributed by atoms with Gasteiger partial charge in [-0.05, 0) is 40.7 Å². The number of carbonyl (C=O) groups excluding carboxylic acids is 1. The Bertz CT molecular complexity index is 1880. The molecule has 0 saturated heterocycles. The minimum Gasteiger partial charge on any atom is -0.451 e. The molecule has 11 heteroatoms. The van der Waals surface area contributed by atoms with Crippen molar-refractivity contribution in [1.29, 1.82) is 0 Å². The first-order chi connectivity index (χ1) is 19.0. The van der Waals surface area contributed by atoms with Gasteiger partial charge < -0.3 is 4.42 Å². The number of nitro groups is 1. The molecule has 2 aromatic heterocycles. The number of hydrogen-bond donors (Lipinski definition) is 2. The Balaban J connectivity index is 1.17. The van der Waals surface area contributed by atoms with Gasteiger partial charge in [0.2, 0.25) is 5.16 Å². The maximum atomic E-state index is 12.6. The molecular formula is C28H18N6O4S. The van der Waals surface area contributed by atoms with E-state index in [1.54, 1.807) is 18.2 Å². The van der Waals surface area contributed by atoms with Crippen molar-refractivity contribution >= 4 is 51.3 Å². The maximum absolute atomic E-state index is 12.6. The van der Waals surface area contributed by atoms with Crippen molar-refractivity contribution < 1.29 is 14.1 Å². The highest BCUT2D eigenvalue weighted by Crippen LogP contribution is 2.34. The van der Waals surface area contributed by atoms with Crippen LogP contribution in [0.2, 0.25) is 0 Å². The molecular weight excluding hydrogens is 516 g/mol. The normalized spacial score (nSPS) is 11.4. The SMILES string of the molecule is O=C(N/N=C/c1ccc(Sc2n[nH]c(-c3ccccc3)n2)c([N+](=O)[O-])c1)c1cc2c(ccc3ccccc32)o1. The number of aromatic nitrogens is 3. The lowest BCUT2D eigenvalue weighted by atomic mass is 10.1. The monoisotopic (exact) mass is 534 g/mol. The number of aromatic amines is 1. The molecule has 39 heavy (non-hydrogen) atoms. The number of hydrogen-bond acceptors (Lipinski definition) is 8. The molecule has 0 radical (unpaired) electrons. The first-order valence-corrected chi connectivity index (χ1v) is 12.6. The Morgan fingerprint density at radius 2 is 1.82 bits per heavy atom. The number of hydrazone groups is 1. The molecule has 0 bridgehead atoms. The number of H-pyrrole nitrogens is 1. The van der Waals surface area contributed by atoms with Gasteiger partial charge in [0.25, 0.3) is 5.69 Å². The highest BCUT2D eigenvalue weighted by molar-refractivity contribution is 7.99. The van der Waals surface area contributed by atoms with Gasteiger partial charge in [0.1, 0.15) is 5.58 Å². The molecule has 4 aromatic carbocycles. The number of carbonyl (C=O) groups is 1.